The van der Waals surface area contributed by atoms with Gasteiger partial charge in [0.1, 0.15) is 0 Å². The molecule has 3 aromatic carbocycles. The van der Waals surface area contributed by atoms with Crippen LogP contribution in [0.15, 0.2) is 78.9 Å². The Labute approximate surface area is 188 Å². The molecule has 0 aliphatic carbocycles. The quantitative estimate of drug-likeness (QED) is 0.340. The van der Waals surface area contributed by atoms with Crippen LogP contribution in [-0.4, -0.2) is 18.1 Å². The summed E-state index contributed by atoms with van der Waals surface area (Å²) < 4.78 is 78.7. The van der Waals surface area contributed by atoms with Crippen molar-refractivity contribution in [3.8, 4) is 0 Å². The number of rotatable bonds is 6. The number of alkyl halides is 6. The van der Waals surface area contributed by atoms with Crippen LogP contribution in [0.3, 0.4) is 0 Å². The lowest BCUT2D eigenvalue weighted by molar-refractivity contribution is -0.143. The molecule has 0 unspecified atom stereocenters. The maximum Gasteiger partial charge on any atom is 0.416 e. The molecule has 0 fully saturated rings. The summed E-state index contributed by atoms with van der Waals surface area (Å²) in [5, 5.41) is 4.65. The molecule has 3 rings (SSSR count). The van der Waals surface area contributed by atoms with Crippen LogP contribution in [0.5, 0.6) is 0 Å². The van der Waals surface area contributed by atoms with Crippen molar-refractivity contribution in [3.05, 3.63) is 95.6 Å². The first kappa shape index (κ1) is 24.8. The second kappa shape index (κ2) is 9.96. The molecule has 1 atom stereocenters. The van der Waals surface area contributed by atoms with Crippen molar-refractivity contribution in [1.82, 2.24) is 5.32 Å². The standard InChI is InChI=1S/C24H20F6NOP/c1-16(15-33(20-8-4-2-5-9-20)21-10-6-3-7-11-21)31-22(32)17-12-18(23(25,26)27)14-19(13-17)24(28,29)30/h2-14,16H,15H2,1H3,(H,31,32)/t16-/m0/s1. The second-order valence-electron chi connectivity index (χ2n) is 7.45. The highest BCUT2D eigenvalue weighted by Gasteiger charge is 2.37. The Morgan fingerprint density at radius 1 is 0.788 bits per heavy atom. The Morgan fingerprint density at radius 3 is 1.61 bits per heavy atom. The first-order valence-corrected chi connectivity index (χ1v) is 11.5. The Balaban J connectivity index is 1.85. The van der Waals surface area contributed by atoms with E-state index in [1.54, 1.807) is 6.92 Å². The lowest BCUT2D eigenvalue weighted by Gasteiger charge is -2.23. The van der Waals surface area contributed by atoms with Crippen molar-refractivity contribution in [2.45, 2.75) is 25.3 Å². The van der Waals surface area contributed by atoms with Gasteiger partial charge in [0.15, 0.2) is 0 Å². The molecule has 0 spiro atoms. The molecule has 0 bridgehead atoms. The van der Waals surface area contributed by atoms with E-state index < -0.39 is 48.9 Å². The zero-order valence-electron chi connectivity index (χ0n) is 17.4. The van der Waals surface area contributed by atoms with Crippen LogP contribution >= 0.6 is 7.92 Å². The van der Waals surface area contributed by atoms with Gasteiger partial charge in [-0.05, 0) is 49.8 Å². The smallest absolute Gasteiger partial charge is 0.349 e. The van der Waals surface area contributed by atoms with Crippen LogP contribution in [0.25, 0.3) is 0 Å². The molecule has 0 saturated heterocycles. The maximum atomic E-state index is 13.1. The fourth-order valence-corrected chi connectivity index (χ4v) is 5.71. The highest BCUT2D eigenvalue weighted by atomic mass is 31.1. The monoisotopic (exact) mass is 483 g/mol. The average Bonchev–Trinajstić information content (AvgIpc) is 2.77. The minimum Gasteiger partial charge on any atom is -0.349 e. The van der Waals surface area contributed by atoms with E-state index in [2.05, 4.69) is 5.32 Å². The zero-order chi connectivity index (χ0) is 24.2. The van der Waals surface area contributed by atoms with Gasteiger partial charge >= 0.3 is 12.4 Å². The molecule has 0 heterocycles. The van der Waals surface area contributed by atoms with Gasteiger partial charge in [-0.15, -0.1) is 0 Å². The largest absolute Gasteiger partial charge is 0.416 e. The molecule has 2 nitrogen and oxygen atoms in total. The molecule has 174 valence electrons. The molecule has 0 aliphatic rings. The van der Waals surface area contributed by atoms with E-state index in [1.165, 1.54) is 0 Å². The summed E-state index contributed by atoms with van der Waals surface area (Å²) in [6, 6.07) is 19.5. The summed E-state index contributed by atoms with van der Waals surface area (Å²) >= 11 is 0. The van der Waals surface area contributed by atoms with Crippen molar-refractivity contribution in [1.29, 1.82) is 0 Å². The topological polar surface area (TPSA) is 29.1 Å². The fourth-order valence-electron chi connectivity index (χ4n) is 3.29. The second-order valence-corrected chi connectivity index (χ2v) is 9.70. The van der Waals surface area contributed by atoms with Crippen molar-refractivity contribution >= 4 is 24.4 Å². The van der Waals surface area contributed by atoms with Crippen molar-refractivity contribution in [3.63, 3.8) is 0 Å². The molecule has 1 amide bonds. The molecule has 33 heavy (non-hydrogen) atoms. The van der Waals surface area contributed by atoms with Crippen molar-refractivity contribution < 1.29 is 31.1 Å². The summed E-state index contributed by atoms with van der Waals surface area (Å²) in [4.78, 5) is 12.6. The fraction of sp³-hybridized carbons (Fsp3) is 0.208. The third-order valence-electron chi connectivity index (χ3n) is 4.82. The van der Waals surface area contributed by atoms with Gasteiger partial charge in [0.2, 0.25) is 0 Å². The van der Waals surface area contributed by atoms with Gasteiger partial charge in [0.25, 0.3) is 5.91 Å². The van der Waals surface area contributed by atoms with E-state index in [0.717, 1.165) is 10.6 Å². The minimum atomic E-state index is -5.02. The van der Waals surface area contributed by atoms with E-state index in [4.69, 9.17) is 0 Å². The van der Waals surface area contributed by atoms with Crippen LogP contribution in [0.2, 0.25) is 0 Å². The third kappa shape index (κ3) is 6.57. The van der Waals surface area contributed by atoms with E-state index in [-0.39, 0.29) is 6.07 Å². The first-order chi connectivity index (χ1) is 15.4. The minimum absolute atomic E-state index is 0.00424. The van der Waals surface area contributed by atoms with Gasteiger partial charge in [0.05, 0.1) is 11.1 Å². The lowest BCUT2D eigenvalue weighted by atomic mass is 10.0. The van der Waals surface area contributed by atoms with Crippen LogP contribution in [0, 0.1) is 0 Å². The molecule has 0 saturated carbocycles. The highest BCUT2D eigenvalue weighted by Crippen LogP contribution is 2.37. The molecular weight excluding hydrogens is 463 g/mol. The van der Waals surface area contributed by atoms with E-state index in [0.29, 0.717) is 18.3 Å². The summed E-state index contributed by atoms with van der Waals surface area (Å²) in [6.07, 6.45) is -9.58. The van der Waals surface area contributed by atoms with Crippen molar-refractivity contribution in [2.24, 2.45) is 0 Å². The van der Waals surface area contributed by atoms with Gasteiger partial charge in [-0.25, -0.2) is 0 Å². The van der Waals surface area contributed by atoms with Gasteiger partial charge in [-0.3, -0.25) is 4.79 Å². The summed E-state index contributed by atoms with van der Waals surface area (Å²) in [7, 11) is -0.914. The summed E-state index contributed by atoms with van der Waals surface area (Å²) in [6.45, 7) is 1.68. The van der Waals surface area contributed by atoms with Gasteiger partial charge < -0.3 is 5.32 Å². The third-order valence-corrected chi connectivity index (χ3v) is 7.58. The summed E-state index contributed by atoms with van der Waals surface area (Å²) in [5.41, 5.74) is -3.73. The molecular formula is C24H20F6NOP. The molecule has 3 aromatic rings. The molecule has 0 aliphatic heterocycles. The highest BCUT2D eigenvalue weighted by molar-refractivity contribution is 7.73. The molecule has 0 aromatic heterocycles. The van der Waals surface area contributed by atoms with E-state index >= 15 is 0 Å². The number of benzene rings is 3. The lowest BCUT2D eigenvalue weighted by Crippen LogP contribution is -2.36. The Morgan fingerprint density at radius 2 is 1.21 bits per heavy atom. The number of amides is 1. The molecule has 0 radical (unpaired) electrons. The SMILES string of the molecule is C[C@@H](CP(c1ccccc1)c1ccccc1)NC(=O)c1cc(C(F)(F)F)cc(C(F)(F)F)c1. The number of carbonyl (C=O) groups is 1. The van der Waals surface area contributed by atoms with E-state index in [9.17, 15) is 31.1 Å². The van der Waals surface area contributed by atoms with Crippen LogP contribution in [0.1, 0.15) is 28.4 Å². The number of hydrogen-bond acceptors (Lipinski definition) is 1. The predicted molar refractivity (Wildman–Crippen MR) is 117 cm³/mol. The zero-order valence-corrected chi connectivity index (χ0v) is 18.3. The van der Waals surface area contributed by atoms with Gasteiger partial charge in [-0.1, -0.05) is 60.7 Å². The number of carbonyl (C=O) groups excluding carboxylic acids is 1. The van der Waals surface area contributed by atoms with Crippen LogP contribution < -0.4 is 15.9 Å². The number of nitrogens with one attached hydrogen (secondary N) is 1. The predicted octanol–water partition coefficient (Wildman–Crippen LogP) is 5.98. The summed E-state index contributed by atoms with van der Waals surface area (Å²) in [5.74, 6) is -0.991. The van der Waals surface area contributed by atoms with Crippen molar-refractivity contribution in [2.75, 3.05) is 6.16 Å². The van der Waals surface area contributed by atoms with Gasteiger partial charge in [-0.2, -0.15) is 26.3 Å². The first-order valence-electron chi connectivity index (χ1n) is 9.93. The number of halogens is 6. The van der Waals surface area contributed by atoms with Gasteiger partial charge in [0, 0.05) is 11.6 Å². The molecule has 1 N–H and O–H groups in total. The van der Waals surface area contributed by atoms with Crippen LogP contribution in [-0.2, 0) is 12.4 Å². The van der Waals surface area contributed by atoms with Crippen LogP contribution in [0.4, 0.5) is 26.3 Å². The number of hydrogen-bond donors (Lipinski definition) is 1. The average molecular weight is 483 g/mol. The Kier molecular flexibility index (Phi) is 7.48. The van der Waals surface area contributed by atoms with E-state index in [1.807, 2.05) is 60.7 Å². The Hall–Kier alpha value is -2.86. The normalized spacial score (nSPS) is 13.1. The molecule has 9 heteroatoms. The Bertz CT molecular complexity index is 1010. The maximum absolute atomic E-state index is 13.1.